The van der Waals surface area contributed by atoms with Crippen LogP contribution in [-0.2, 0) is 6.54 Å². The fraction of sp³-hybridized carbons (Fsp3) is 0.368. The van der Waals surface area contributed by atoms with Gasteiger partial charge in [-0.25, -0.2) is 8.78 Å². The summed E-state index contributed by atoms with van der Waals surface area (Å²) in [6, 6.07) is 7.62. The molecule has 3 rings (SSSR count). The van der Waals surface area contributed by atoms with Crippen molar-refractivity contribution < 1.29 is 13.6 Å². The lowest BCUT2D eigenvalue weighted by atomic mass is 10.0. The smallest absolute Gasteiger partial charge is 0.254 e. The number of hydrogen-bond donors (Lipinski definition) is 1. The number of carbonyl (C=O) groups is 1. The fourth-order valence-corrected chi connectivity index (χ4v) is 3.10. The molecule has 6 heteroatoms. The highest BCUT2D eigenvalue weighted by atomic mass is 19.2. The molecule has 0 unspecified atom stereocenters. The number of nitrogens with one attached hydrogen (secondary N) is 1. The number of likely N-dealkylation sites (tertiary alicyclic amines) is 1. The molecule has 2 heterocycles. The number of amides is 1. The van der Waals surface area contributed by atoms with E-state index in [1.165, 1.54) is 17.7 Å². The van der Waals surface area contributed by atoms with E-state index >= 15 is 0 Å². The Balaban J connectivity index is 1.53. The molecule has 0 bridgehead atoms. The molecule has 1 fully saturated rings. The molecule has 25 heavy (non-hydrogen) atoms. The van der Waals surface area contributed by atoms with Crippen molar-refractivity contribution in [3.8, 4) is 0 Å². The molecule has 4 nitrogen and oxygen atoms in total. The Kier molecular flexibility index (Phi) is 5.38. The quantitative estimate of drug-likeness (QED) is 0.926. The summed E-state index contributed by atoms with van der Waals surface area (Å²) in [5, 5.41) is 2.81. The zero-order chi connectivity index (χ0) is 17.8. The molecule has 2 aromatic rings. The minimum atomic E-state index is -1.09. The maximum atomic E-state index is 13.7. The minimum absolute atomic E-state index is 0.0265. The molecule has 0 aliphatic carbocycles. The van der Waals surface area contributed by atoms with Crippen LogP contribution in [0.1, 0.15) is 34.5 Å². The first-order valence-electron chi connectivity index (χ1n) is 8.42. The largest absolute Gasteiger partial charge is 0.349 e. The maximum Gasteiger partial charge on any atom is 0.254 e. The summed E-state index contributed by atoms with van der Waals surface area (Å²) in [6.07, 6.45) is 3.34. The van der Waals surface area contributed by atoms with Gasteiger partial charge in [0.25, 0.3) is 5.91 Å². The van der Waals surface area contributed by atoms with Gasteiger partial charge in [-0.1, -0.05) is 12.1 Å². The van der Waals surface area contributed by atoms with E-state index in [0.717, 1.165) is 44.2 Å². The second-order valence-electron chi connectivity index (χ2n) is 6.37. The van der Waals surface area contributed by atoms with Crippen molar-refractivity contribution in [1.29, 1.82) is 0 Å². The standard InChI is InChI=1S/C19H21F2N3O/c1-13-14(4-3-9-22-13)12-24-10-7-15(8-11-24)23-19(25)16-5-2-6-17(20)18(16)21/h2-6,9,15H,7-8,10-12H2,1H3,(H,23,25). The highest BCUT2D eigenvalue weighted by molar-refractivity contribution is 5.94. The number of piperidine rings is 1. The second kappa shape index (κ2) is 7.70. The van der Waals surface area contributed by atoms with E-state index in [2.05, 4.69) is 21.3 Å². The summed E-state index contributed by atoms with van der Waals surface area (Å²) < 4.78 is 26.9. The van der Waals surface area contributed by atoms with Crippen molar-refractivity contribution >= 4 is 5.91 Å². The normalized spacial score (nSPS) is 16.0. The monoisotopic (exact) mass is 345 g/mol. The van der Waals surface area contributed by atoms with Gasteiger partial charge in [0.2, 0.25) is 0 Å². The summed E-state index contributed by atoms with van der Waals surface area (Å²) >= 11 is 0. The van der Waals surface area contributed by atoms with Crippen molar-refractivity contribution in [3.05, 3.63) is 65.0 Å². The molecular formula is C19H21F2N3O. The van der Waals surface area contributed by atoms with E-state index in [-0.39, 0.29) is 11.6 Å². The third-order valence-electron chi connectivity index (χ3n) is 4.63. The summed E-state index contributed by atoms with van der Waals surface area (Å²) in [5.41, 5.74) is 1.99. The molecule has 1 N–H and O–H groups in total. The fourth-order valence-electron chi connectivity index (χ4n) is 3.10. The molecular weight excluding hydrogens is 324 g/mol. The molecule has 1 amide bonds. The van der Waals surface area contributed by atoms with E-state index < -0.39 is 17.5 Å². The van der Waals surface area contributed by atoms with Gasteiger partial charge < -0.3 is 5.32 Å². The number of carbonyl (C=O) groups excluding carboxylic acids is 1. The Hall–Kier alpha value is -2.34. The molecule has 1 aromatic heterocycles. The van der Waals surface area contributed by atoms with Crippen LogP contribution < -0.4 is 5.32 Å². The molecule has 1 aliphatic rings. The number of aromatic nitrogens is 1. The minimum Gasteiger partial charge on any atom is -0.349 e. The molecule has 1 aliphatic heterocycles. The number of nitrogens with zero attached hydrogens (tertiary/aromatic N) is 2. The molecule has 0 spiro atoms. The van der Waals surface area contributed by atoms with Gasteiger partial charge in [0.15, 0.2) is 11.6 Å². The predicted octanol–water partition coefficient (Wildman–Crippen LogP) is 3.06. The van der Waals surface area contributed by atoms with Crippen molar-refractivity contribution in [2.24, 2.45) is 0 Å². The summed E-state index contributed by atoms with van der Waals surface area (Å²) in [5.74, 6) is -2.66. The summed E-state index contributed by atoms with van der Waals surface area (Å²) in [7, 11) is 0. The highest BCUT2D eigenvalue weighted by Crippen LogP contribution is 2.17. The summed E-state index contributed by atoms with van der Waals surface area (Å²) in [4.78, 5) is 18.8. The van der Waals surface area contributed by atoms with Crippen LogP contribution in [0.3, 0.4) is 0 Å². The van der Waals surface area contributed by atoms with Crippen LogP contribution >= 0.6 is 0 Å². The molecule has 1 saturated heterocycles. The third kappa shape index (κ3) is 4.20. The second-order valence-corrected chi connectivity index (χ2v) is 6.37. The van der Waals surface area contributed by atoms with Gasteiger partial charge in [0.05, 0.1) is 5.56 Å². The lowest BCUT2D eigenvalue weighted by Gasteiger charge is -2.32. The Morgan fingerprint density at radius 2 is 2.00 bits per heavy atom. The average molecular weight is 345 g/mol. The van der Waals surface area contributed by atoms with Gasteiger partial charge in [-0.05, 0) is 43.5 Å². The number of hydrogen-bond acceptors (Lipinski definition) is 3. The Labute approximate surface area is 145 Å². The van der Waals surface area contributed by atoms with Crippen LogP contribution in [-0.4, -0.2) is 34.9 Å². The van der Waals surface area contributed by atoms with Crippen molar-refractivity contribution in [1.82, 2.24) is 15.2 Å². The lowest BCUT2D eigenvalue weighted by Crippen LogP contribution is -2.44. The predicted molar refractivity (Wildman–Crippen MR) is 91.1 cm³/mol. The zero-order valence-electron chi connectivity index (χ0n) is 14.1. The Morgan fingerprint density at radius 1 is 1.24 bits per heavy atom. The number of benzene rings is 1. The maximum absolute atomic E-state index is 13.7. The van der Waals surface area contributed by atoms with Gasteiger partial charge >= 0.3 is 0 Å². The van der Waals surface area contributed by atoms with Crippen LogP contribution in [0.4, 0.5) is 8.78 Å². The SMILES string of the molecule is Cc1ncccc1CN1CCC(NC(=O)c2cccc(F)c2F)CC1. The van der Waals surface area contributed by atoms with Gasteiger partial charge in [-0.2, -0.15) is 0 Å². The van der Waals surface area contributed by atoms with E-state index in [1.807, 2.05) is 13.0 Å². The van der Waals surface area contributed by atoms with E-state index in [4.69, 9.17) is 0 Å². The average Bonchev–Trinajstić information content (AvgIpc) is 2.61. The van der Waals surface area contributed by atoms with Crippen molar-refractivity contribution in [3.63, 3.8) is 0 Å². The van der Waals surface area contributed by atoms with Gasteiger partial charge in [0, 0.05) is 37.6 Å². The topological polar surface area (TPSA) is 45.2 Å². The molecule has 0 saturated carbocycles. The van der Waals surface area contributed by atoms with Crippen LogP contribution in [0.2, 0.25) is 0 Å². The van der Waals surface area contributed by atoms with Gasteiger partial charge in [0.1, 0.15) is 0 Å². The van der Waals surface area contributed by atoms with Crippen LogP contribution in [0.25, 0.3) is 0 Å². The van der Waals surface area contributed by atoms with E-state index in [1.54, 1.807) is 6.20 Å². The van der Waals surface area contributed by atoms with Crippen LogP contribution in [0.15, 0.2) is 36.5 Å². The van der Waals surface area contributed by atoms with E-state index in [9.17, 15) is 13.6 Å². The molecule has 132 valence electrons. The van der Waals surface area contributed by atoms with Gasteiger partial charge in [-0.3, -0.25) is 14.7 Å². The molecule has 0 radical (unpaired) electrons. The lowest BCUT2D eigenvalue weighted by molar-refractivity contribution is 0.0904. The molecule has 0 atom stereocenters. The van der Waals surface area contributed by atoms with Crippen molar-refractivity contribution in [2.45, 2.75) is 32.4 Å². The summed E-state index contributed by atoms with van der Waals surface area (Å²) in [6.45, 7) is 4.50. The van der Waals surface area contributed by atoms with Crippen LogP contribution in [0, 0.1) is 18.6 Å². The Morgan fingerprint density at radius 3 is 2.72 bits per heavy atom. The zero-order valence-corrected chi connectivity index (χ0v) is 14.1. The number of aryl methyl sites for hydroxylation is 1. The molecule has 1 aromatic carbocycles. The number of rotatable bonds is 4. The van der Waals surface area contributed by atoms with Crippen LogP contribution in [0.5, 0.6) is 0 Å². The Bertz CT molecular complexity index is 758. The third-order valence-corrected chi connectivity index (χ3v) is 4.63. The van der Waals surface area contributed by atoms with Gasteiger partial charge in [-0.15, -0.1) is 0 Å². The first-order valence-corrected chi connectivity index (χ1v) is 8.42. The van der Waals surface area contributed by atoms with E-state index in [0.29, 0.717) is 0 Å². The number of pyridine rings is 1. The number of halogens is 2. The van der Waals surface area contributed by atoms with Crippen molar-refractivity contribution in [2.75, 3.05) is 13.1 Å². The first kappa shape index (κ1) is 17.5. The highest BCUT2D eigenvalue weighted by Gasteiger charge is 2.23. The first-order chi connectivity index (χ1) is 12.0.